The van der Waals surface area contributed by atoms with E-state index in [1.165, 1.54) is 0 Å². The molecule has 0 spiro atoms. The number of phenols is 1. The van der Waals surface area contributed by atoms with E-state index in [1.807, 2.05) is 24.3 Å². The highest BCUT2D eigenvalue weighted by molar-refractivity contribution is 6.13. The van der Waals surface area contributed by atoms with Gasteiger partial charge in [0.15, 0.2) is 0 Å². The first-order valence-electron chi connectivity index (χ1n) is 6.24. The minimum Gasteiger partial charge on any atom is -0.508 e. The number of fused-ring (bicyclic) bond motifs is 5. The third-order valence-corrected chi connectivity index (χ3v) is 3.49. The summed E-state index contributed by atoms with van der Waals surface area (Å²) in [5, 5.41) is 12.3. The molecule has 2 aromatic carbocycles. The highest BCUT2D eigenvalue weighted by Crippen LogP contribution is 2.35. The molecule has 0 saturated heterocycles. The van der Waals surface area contributed by atoms with Gasteiger partial charge in [-0.15, -0.1) is 0 Å². The van der Waals surface area contributed by atoms with Crippen LogP contribution in [0.2, 0.25) is 0 Å². The van der Waals surface area contributed by atoms with Crippen LogP contribution in [0.3, 0.4) is 0 Å². The minimum absolute atomic E-state index is 0.196. The van der Waals surface area contributed by atoms with Gasteiger partial charge in [-0.25, -0.2) is 0 Å². The molecule has 4 nitrogen and oxygen atoms in total. The Bertz CT molecular complexity index is 956. The molecule has 4 aromatic rings. The van der Waals surface area contributed by atoms with Crippen molar-refractivity contribution in [3.05, 3.63) is 42.6 Å². The first kappa shape index (κ1) is 11.1. The Morgan fingerprint density at radius 1 is 1.05 bits per heavy atom. The summed E-state index contributed by atoms with van der Waals surface area (Å²) >= 11 is 0. The topological polar surface area (TPSA) is 55.5 Å². The van der Waals surface area contributed by atoms with Gasteiger partial charge in [-0.2, -0.15) is 0 Å². The molecule has 0 saturated carbocycles. The van der Waals surface area contributed by atoms with Gasteiger partial charge in [-0.05, 0) is 30.3 Å². The van der Waals surface area contributed by atoms with Gasteiger partial charge in [0.25, 0.3) is 0 Å². The van der Waals surface area contributed by atoms with Gasteiger partial charge in [0.05, 0.1) is 12.6 Å². The van der Waals surface area contributed by atoms with E-state index in [0.29, 0.717) is 5.52 Å². The normalized spacial score (nSPS) is 11.4. The predicted octanol–water partition coefficient (Wildman–Crippen LogP) is 3.85. The van der Waals surface area contributed by atoms with Crippen molar-refractivity contribution in [3.63, 3.8) is 0 Å². The van der Waals surface area contributed by atoms with Gasteiger partial charge < -0.3 is 14.3 Å². The molecule has 0 amide bonds. The molecular weight excluding hydrogens is 254 g/mol. The van der Waals surface area contributed by atoms with Crippen LogP contribution in [0.5, 0.6) is 11.5 Å². The molecule has 0 unspecified atom stereocenters. The number of methoxy groups -OCH3 is 1. The lowest BCUT2D eigenvalue weighted by atomic mass is 10.1. The van der Waals surface area contributed by atoms with Crippen molar-refractivity contribution in [2.75, 3.05) is 7.11 Å². The predicted molar refractivity (Wildman–Crippen MR) is 77.2 cm³/mol. The number of aromatic hydroxyl groups is 1. The second-order valence-electron chi connectivity index (χ2n) is 4.67. The van der Waals surface area contributed by atoms with E-state index >= 15 is 0 Å². The zero-order valence-corrected chi connectivity index (χ0v) is 10.8. The molecule has 0 aliphatic rings. The third kappa shape index (κ3) is 1.45. The molecule has 1 N–H and O–H groups in total. The Morgan fingerprint density at radius 2 is 1.95 bits per heavy atom. The summed E-state index contributed by atoms with van der Waals surface area (Å²) in [5.74, 6) is 0.980. The molecule has 0 radical (unpaired) electrons. The molecule has 2 heterocycles. The second kappa shape index (κ2) is 3.87. The molecule has 4 heteroatoms. The lowest BCUT2D eigenvalue weighted by molar-refractivity contribution is 0.415. The largest absolute Gasteiger partial charge is 0.508 e. The van der Waals surface area contributed by atoms with Crippen molar-refractivity contribution < 1.29 is 14.3 Å². The molecule has 0 atom stereocenters. The van der Waals surface area contributed by atoms with Crippen LogP contribution in [0.15, 0.2) is 47.0 Å². The zero-order chi connectivity index (χ0) is 13.7. The Balaban J connectivity index is 2.17. The van der Waals surface area contributed by atoms with Crippen molar-refractivity contribution in [2.45, 2.75) is 0 Å². The SMILES string of the molecule is COc1ccc2oc3c4ccc(O)cc4ncc3c2c1. The standard InChI is InChI=1S/C16H11NO3/c1-19-10-3-5-15-12(7-10)13-8-17-14-6-9(18)2-4-11(14)16(13)20-15/h2-8,18H,1H3. The van der Waals surface area contributed by atoms with Crippen LogP contribution in [0.1, 0.15) is 0 Å². The Hall–Kier alpha value is -2.75. The number of pyridine rings is 1. The third-order valence-electron chi connectivity index (χ3n) is 3.49. The summed E-state index contributed by atoms with van der Waals surface area (Å²) in [4.78, 5) is 4.39. The smallest absolute Gasteiger partial charge is 0.146 e. The summed E-state index contributed by atoms with van der Waals surface area (Å²) in [6.07, 6.45) is 1.77. The van der Waals surface area contributed by atoms with Gasteiger partial charge in [-0.1, -0.05) is 0 Å². The summed E-state index contributed by atoms with van der Waals surface area (Å²) in [5.41, 5.74) is 2.28. The van der Waals surface area contributed by atoms with E-state index in [9.17, 15) is 5.11 Å². The van der Waals surface area contributed by atoms with Crippen molar-refractivity contribution in [3.8, 4) is 11.5 Å². The fourth-order valence-corrected chi connectivity index (χ4v) is 2.50. The number of furan rings is 1. The molecule has 2 aromatic heterocycles. The van der Waals surface area contributed by atoms with Gasteiger partial charge in [-0.3, -0.25) is 4.98 Å². The summed E-state index contributed by atoms with van der Waals surface area (Å²) < 4.78 is 11.2. The van der Waals surface area contributed by atoms with Crippen LogP contribution in [0, 0.1) is 0 Å². The zero-order valence-electron chi connectivity index (χ0n) is 10.8. The van der Waals surface area contributed by atoms with Crippen LogP contribution in [-0.4, -0.2) is 17.2 Å². The molecule has 0 fully saturated rings. The Kier molecular flexibility index (Phi) is 2.15. The lowest BCUT2D eigenvalue weighted by Crippen LogP contribution is -1.81. The maximum atomic E-state index is 9.52. The van der Waals surface area contributed by atoms with Crippen molar-refractivity contribution in [1.82, 2.24) is 4.98 Å². The summed E-state index contributed by atoms with van der Waals surface area (Å²) in [7, 11) is 1.64. The highest BCUT2D eigenvalue weighted by Gasteiger charge is 2.12. The fourth-order valence-electron chi connectivity index (χ4n) is 2.50. The number of benzene rings is 2. The Labute approximate surface area is 114 Å². The van der Waals surface area contributed by atoms with Crippen LogP contribution < -0.4 is 4.74 Å². The minimum atomic E-state index is 0.196. The van der Waals surface area contributed by atoms with Gasteiger partial charge in [0.1, 0.15) is 22.7 Å². The maximum absolute atomic E-state index is 9.52. The van der Waals surface area contributed by atoms with Crippen LogP contribution in [0.25, 0.3) is 32.8 Å². The molecule has 0 bridgehead atoms. The van der Waals surface area contributed by atoms with Crippen LogP contribution in [0.4, 0.5) is 0 Å². The number of nitrogens with zero attached hydrogens (tertiary/aromatic N) is 1. The van der Waals surface area contributed by atoms with Crippen LogP contribution >= 0.6 is 0 Å². The van der Waals surface area contributed by atoms with Crippen molar-refractivity contribution in [2.24, 2.45) is 0 Å². The lowest BCUT2D eigenvalue weighted by Gasteiger charge is -1.99. The number of hydrogen-bond donors (Lipinski definition) is 1. The average molecular weight is 265 g/mol. The average Bonchev–Trinajstić information content (AvgIpc) is 2.84. The van der Waals surface area contributed by atoms with Crippen molar-refractivity contribution in [1.29, 1.82) is 0 Å². The fraction of sp³-hybridized carbons (Fsp3) is 0.0625. The quantitative estimate of drug-likeness (QED) is 0.568. The molecule has 98 valence electrons. The number of aromatic nitrogens is 1. The van der Waals surface area contributed by atoms with Gasteiger partial charge in [0, 0.05) is 28.4 Å². The van der Waals surface area contributed by atoms with E-state index in [-0.39, 0.29) is 5.75 Å². The van der Waals surface area contributed by atoms with E-state index in [1.54, 1.807) is 25.4 Å². The number of rotatable bonds is 1. The van der Waals surface area contributed by atoms with Crippen LogP contribution in [-0.2, 0) is 0 Å². The second-order valence-corrected chi connectivity index (χ2v) is 4.67. The van der Waals surface area contributed by atoms with E-state index in [0.717, 1.165) is 33.1 Å². The van der Waals surface area contributed by atoms with Gasteiger partial charge in [0.2, 0.25) is 0 Å². The number of ether oxygens (including phenoxy) is 1. The number of hydrogen-bond acceptors (Lipinski definition) is 4. The van der Waals surface area contributed by atoms with E-state index in [4.69, 9.17) is 9.15 Å². The Morgan fingerprint density at radius 3 is 2.80 bits per heavy atom. The van der Waals surface area contributed by atoms with E-state index < -0.39 is 0 Å². The van der Waals surface area contributed by atoms with Gasteiger partial charge >= 0.3 is 0 Å². The van der Waals surface area contributed by atoms with Crippen molar-refractivity contribution >= 4 is 32.8 Å². The molecule has 4 rings (SSSR count). The molecule has 0 aliphatic heterocycles. The maximum Gasteiger partial charge on any atom is 0.146 e. The monoisotopic (exact) mass is 265 g/mol. The molecular formula is C16H11NO3. The summed E-state index contributed by atoms with van der Waals surface area (Å²) in [6, 6.07) is 10.8. The molecule has 0 aliphatic carbocycles. The molecule has 20 heavy (non-hydrogen) atoms. The number of phenolic OH excluding ortho intramolecular Hbond substituents is 1. The highest BCUT2D eigenvalue weighted by atomic mass is 16.5. The first-order valence-corrected chi connectivity index (χ1v) is 6.24. The van der Waals surface area contributed by atoms with E-state index in [2.05, 4.69) is 4.98 Å². The first-order chi connectivity index (χ1) is 9.76. The summed E-state index contributed by atoms with van der Waals surface area (Å²) in [6.45, 7) is 0.